The fourth-order valence-electron chi connectivity index (χ4n) is 2.05. The first-order chi connectivity index (χ1) is 8.78. The molecule has 18 heavy (non-hydrogen) atoms. The van der Waals surface area contributed by atoms with Gasteiger partial charge in [-0.25, -0.2) is 14.3 Å². The number of aromatic nitrogens is 3. The van der Waals surface area contributed by atoms with Gasteiger partial charge in [-0.2, -0.15) is 5.10 Å². The van der Waals surface area contributed by atoms with Gasteiger partial charge in [0.25, 0.3) is 0 Å². The summed E-state index contributed by atoms with van der Waals surface area (Å²) >= 11 is 0. The van der Waals surface area contributed by atoms with Crippen LogP contribution in [-0.4, -0.2) is 40.9 Å². The average molecular weight is 247 g/mol. The van der Waals surface area contributed by atoms with Crippen LogP contribution in [0.2, 0.25) is 0 Å². The Balaban J connectivity index is 1.98. The Morgan fingerprint density at radius 2 is 2.50 bits per heavy atom. The molecular formula is C12H13N3O3. The summed E-state index contributed by atoms with van der Waals surface area (Å²) in [7, 11) is 1.36. The molecule has 0 N–H and O–H groups in total. The second-order valence-corrected chi connectivity index (χ2v) is 4.24. The lowest BCUT2D eigenvalue weighted by atomic mass is 10.1. The molecule has 6 nitrogen and oxygen atoms in total. The number of carbonyl (C=O) groups excluding carboxylic acids is 1. The number of pyridine rings is 1. The number of fused-ring (bicyclic) bond motifs is 1. The molecule has 0 radical (unpaired) electrons. The Labute approximate surface area is 104 Å². The summed E-state index contributed by atoms with van der Waals surface area (Å²) in [5, 5.41) is 4.39. The van der Waals surface area contributed by atoms with Gasteiger partial charge in [0.2, 0.25) is 0 Å². The predicted octanol–water partition coefficient (Wildman–Crippen LogP) is 1.02. The fraction of sp³-hybridized carbons (Fsp3) is 0.417. The summed E-state index contributed by atoms with van der Waals surface area (Å²) in [6.45, 7) is 1.42. The normalized spacial score (nSPS) is 19.3. The Kier molecular flexibility index (Phi) is 2.71. The van der Waals surface area contributed by atoms with Gasteiger partial charge >= 0.3 is 5.97 Å². The summed E-state index contributed by atoms with van der Waals surface area (Å²) in [6, 6.07) is 3.35. The van der Waals surface area contributed by atoms with E-state index in [1.165, 1.54) is 7.11 Å². The topological polar surface area (TPSA) is 65.7 Å². The Bertz CT molecular complexity index is 587. The number of carbonyl (C=O) groups is 1. The second kappa shape index (κ2) is 4.38. The van der Waals surface area contributed by atoms with Crippen molar-refractivity contribution in [1.82, 2.24) is 14.6 Å². The zero-order chi connectivity index (χ0) is 12.5. The molecule has 6 heteroatoms. The first-order valence-electron chi connectivity index (χ1n) is 5.80. The summed E-state index contributed by atoms with van der Waals surface area (Å²) in [6.07, 6.45) is 2.66. The molecule has 0 amide bonds. The molecule has 3 rings (SSSR count). The minimum Gasteiger partial charge on any atom is -0.465 e. The van der Waals surface area contributed by atoms with Crippen LogP contribution in [0.25, 0.3) is 5.65 Å². The molecular weight excluding hydrogens is 234 g/mol. The van der Waals surface area contributed by atoms with Gasteiger partial charge in [-0.15, -0.1) is 0 Å². The van der Waals surface area contributed by atoms with Gasteiger partial charge in [0.05, 0.1) is 19.3 Å². The van der Waals surface area contributed by atoms with Crippen molar-refractivity contribution in [3.05, 3.63) is 29.7 Å². The van der Waals surface area contributed by atoms with Crippen molar-refractivity contribution >= 4 is 11.6 Å². The number of rotatable bonds is 2. The number of hydrogen-bond acceptors (Lipinski definition) is 5. The lowest BCUT2D eigenvalue weighted by molar-refractivity contribution is 0.0600. The van der Waals surface area contributed by atoms with E-state index >= 15 is 0 Å². The third kappa shape index (κ3) is 1.84. The van der Waals surface area contributed by atoms with E-state index in [-0.39, 0.29) is 11.9 Å². The van der Waals surface area contributed by atoms with E-state index in [1.807, 2.05) is 0 Å². The van der Waals surface area contributed by atoms with Crippen LogP contribution >= 0.6 is 0 Å². The molecule has 0 saturated carbocycles. The summed E-state index contributed by atoms with van der Waals surface area (Å²) < 4.78 is 11.7. The third-order valence-corrected chi connectivity index (χ3v) is 3.07. The molecule has 2 aromatic rings. The predicted molar refractivity (Wildman–Crippen MR) is 62.5 cm³/mol. The maximum absolute atomic E-state index is 11.4. The number of ether oxygens (including phenoxy) is 2. The maximum atomic E-state index is 11.4. The van der Waals surface area contributed by atoms with Crippen molar-refractivity contribution in [3.63, 3.8) is 0 Å². The smallest absolute Gasteiger partial charge is 0.338 e. The third-order valence-electron chi connectivity index (χ3n) is 3.07. The quantitative estimate of drug-likeness (QED) is 0.741. The largest absolute Gasteiger partial charge is 0.465 e. The highest BCUT2D eigenvalue weighted by molar-refractivity contribution is 5.90. The van der Waals surface area contributed by atoms with Gasteiger partial charge < -0.3 is 9.47 Å². The van der Waals surface area contributed by atoms with Gasteiger partial charge in [-0.05, 0) is 18.6 Å². The standard InChI is InChI=1S/C12H13N3O3/c1-17-12(16)8-2-4-15-10(6-8)13-11(14-15)9-3-5-18-7-9/h2,4,6,9H,3,5,7H2,1H3. The molecule has 1 aliphatic heterocycles. The molecule has 1 aliphatic rings. The van der Waals surface area contributed by atoms with Crippen LogP contribution in [0.3, 0.4) is 0 Å². The Morgan fingerprint density at radius 3 is 3.22 bits per heavy atom. The molecule has 1 unspecified atom stereocenters. The minimum absolute atomic E-state index is 0.256. The monoisotopic (exact) mass is 247 g/mol. The number of methoxy groups -OCH3 is 1. The van der Waals surface area contributed by atoms with Crippen molar-refractivity contribution in [2.24, 2.45) is 0 Å². The van der Waals surface area contributed by atoms with Crippen molar-refractivity contribution in [2.45, 2.75) is 12.3 Å². The van der Waals surface area contributed by atoms with Gasteiger partial charge in [0.1, 0.15) is 0 Å². The lowest BCUT2D eigenvalue weighted by Crippen LogP contribution is -2.02. The first kappa shape index (κ1) is 11.2. The zero-order valence-corrected chi connectivity index (χ0v) is 10.00. The van der Waals surface area contributed by atoms with Crippen LogP contribution in [0.15, 0.2) is 18.3 Å². The molecule has 1 saturated heterocycles. The molecule has 0 spiro atoms. The van der Waals surface area contributed by atoms with E-state index in [1.54, 1.807) is 22.8 Å². The van der Waals surface area contributed by atoms with Crippen LogP contribution in [0.1, 0.15) is 28.5 Å². The van der Waals surface area contributed by atoms with Gasteiger partial charge in [0, 0.05) is 18.7 Å². The van der Waals surface area contributed by atoms with Crippen LogP contribution in [0.4, 0.5) is 0 Å². The van der Waals surface area contributed by atoms with E-state index < -0.39 is 0 Å². The van der Waals surface area contributed by atoms with Crippen molar-refractivity contribution in [2.75, 3.05) is 20.3 Å². The van der Waals surface area contributed by atoms with E-state index in [4.69, 9.17) is 4.74 Å². The van der Waals surface area contributed by atoms with E-state index in [0.29, 0.717) is 17.8 Å². The second-order valence-electron chi connectivity index (χ2n) is 4.24. The van der Waals surface area contributed by atoms with Crippen LogP contribution in [-0.2, 0) is 9.47 Å². The van der Waals surface area contributed by atoms with E-state index in [0.717, 1.165) is 18.9 Å². The van der Waals surface area contributed by atoms with Crippen LogP contribution < -0.4 is 0 Å². The van der Waals surface area contributed by atoms with E-state index in [9.17, 15) is 4.79 Å². The van der Waals surface area contributed by atoms with Crippen LogP contribution in [0.5, 0.6) is 0 Å². The van der Waals surface area contributed by atoms with Crippen molar-refractivity contribution in [1.29, 1.82) is 0 Å². The van der Waals surface area contributed by atoms with Crippen molar-refractivity contribution in [3.8, 4) is 0 Å². The molecule has 1 atom stereocenters. The number of hydrogen-bond donors (Lipinski definition) is 0. The molecule has 94 valence electrons. The zero-order valence-electron chi connectivity index (χ0n) is 10.00. The van der Waals surface area contributed by atoms with E-state index in [2.05, 4.69) is 14.8 Å². The molecule has 1 fully saturated rings. The minimum atomic E-state index is -0.369. The van der Waals surface area contributed by atoms with Gasteiger partial charge in [-0.3, -0.25) is 0 Å². The first-order valence-corrected chi connectivity index (χ1v) is 5.80. The fourth-order valence-corrected chi connectivity index (χ4v) is 2.05. The SMILES string of the molecule is COC(=O)c1ccn2nc(C3CCOC3)nc2c1. The lowest BCUT2D eigenvalue weighted by Gasteiger charge is -1.98. The summed E-state index contributed by atoms with van der Waals surface area (Å²) in [4.78, 5) is 15.9. The highest BCUT2D eigenvalue weighted by Crippen LogP contribution is 2.22. The Hall–Kier alpha value is -1.95. The number of nitrogens with zero attached hydrogens (tertiary/aromatic N) is 3. The maximum Gasteiger partial charge on any atom is 0.338 e. The highest BCUT2D eigenvalue weighted by atomic mass is 16.5. The summed E-state index contributed by atoms with van der Waals surface area (Å²) in [5.74, 6) is 0.659. The molecule has 0 bridgehead atoms. The Morgan fingerprint density at radius 1 is 1.61 bits per heavy atom. The molecule has 0 aromatic carbocycles. The van der Waals surface area contributed by atoms with Gasteiger partial charge in [0.15, 0.2) is 11.5 Å². The van der Waals surface area contributed by atoms with Crippen LogP contribution in [0, 0.1) is 0 Å². The average Bonchev–Trinajstić information content (AvgIpc) is 3.04. The molecule has 2 aromatic heterocycles. The molecule has 3 heterocycles. The number of esters is 1. The van der Waals surface area contributed by atoms with Crippen molar-refractivity contribution < 1.29 is 14.3 Å². The highest BCUT2D eigenvalue weighted by Gasteiger charge is 2.22. The van der Waals surface area contributed by atoms with Gasteiger partial charge in [-0.1, -0.05) is 0 Å². The summed E-state index contributed by atoms with van der Waals surface area (Å²) in [5.41, 5.74) is 1.13. The molecule has 0 aliphatic carbocycles.